The number of rotatable bonds is 3. The maximum absolute atomic E-state index is 5.75. The van der Waals surface area contributed by atoms with Crippen molar-refractivity contribution in [1.29, 1.82) is 0 Å². The number of nitrogens with two attached hydrogens (primary N) is 1. The molecular weight excluding hydrogens is 200 g/mol. The smallest absolute Gasteiger partial charge is 0.0510 e. The number of hydrogen-bond donors (Lipinski definition) is 2. The second-order valence-corrected chi connectivity index (χ2v) is 6.32. The number of ether oxygens (including phenoxy) is 1. The van der Waals surface area contributed by atoms with Crippen LogP contribution in [0, 0.1) is 17.3 Å². The van der Waals surface area contributed by atoms with Crippen molar-refractivity contribution in [2.75, 3.05) is 13.2 Å². The standard InChI is InChI=1S/C13H26N2O/c1-13(2)6-3-10(4-7-13)12(15-14)11-5-8-16-9-11/h10-12,15H,3-9,14H2,1-2H3. The molecule has 0 amide bonds. The summed E-state index contributed by atoms with van der Waals surface area (Å²) in [5.41, 5.74) is 3.60. The summed E-state index contributed by atoms with van der Waals surface area (Å²) in [4.78, 5) is 0. The molecule has 0 aromatic heterocycles. The first-order chi connectivity index (χ1) is 7.62. The van der Waals surface area contributed by atoms with Crippen LogP contribution in [0.4, 0.5) is 0 Å². The lowest BCUT2D eigenvalue weighted by atomic mass is 9.69. The molecule has 0 aromatic carbocycles. The lowest BCUT2D eigenvalue weighted by Gasteiger charge is -2.39. The fourth-order valence-electron chi connectivity index (χ4n) is 3.27. The van der Waals surface area contributed by atoms with Crippen molar-refractivity contribution in [2.24, 2.45) is 23.1 Å². The van der Waals surface area contributed by atoms with Crippen molar-refractivity contribution in [2.45, 2.75) is 52.0 Å². The highest BCUT2D eigenvalue weighted by Crippen LogP contribution is 2.40. The molecule has 16 heavy (non-hydrogen) atoms. The molecule has 1 saturated heterocycles. The summed E-state index contributed by atoms with van der Waals surface area (Å²) in [7, 11) is 0. The van der Waals surface area contributed by atoms with Crippen LogP contribution in [0.25, 0.3) is 0 Å². The molecule has 1 heterocycles. The molecule has 1 aliphatic heterocycles. The van der Waals surface area contributed by atoms with Crippen LogP contribution in [-0.2, 0) is 4.74 Å². The van der Waals surface area contributed by atoms with Gasteiger partial charge in [-0.3, -0.25) is 11.3 Å². The van der Waals surface area contributed by atoms with Gasteiger partial charge in [-0.15, -0.1) is 0 Å². The molecule has 3 N–H and O–H groups in total. The molecule has 2 fully saturated rings. The number of hydrogen-bond acceptors (Lipinski definition) is 3. The van der Waals surface area contributed by atoms with E-state index in [1.807, 2.05) is 0 Å². The predicted molar refractivity (Wildman–Crippen MR) is 65.8 cm³/mol. The van der Waals surface area contributed by atoms with Crippen LogP contribution >= 0.6 is 0 Å². The molecule has 3 heteroatoms. The molecule has 94 valence electrons. The second-order valence-electron chi connectivity index (χ2n) is 6.32. The van der Waals surface area contributed by atoms with E-state index in [-0.39, 0.29) is 0 Å². The number of nitrogens with one attached hydrogen (secondary N) is 1. The van der Waals surface area contributed by atoms with Crippen molar-refractivity contribution in [3.05, 3.63) is 0 Å². The molecule has 2 aliphatic rings. The summed E-state index contributed by atoms with van der Waals surface area (Å²) >= 11 is 0. The Bertz CT molecular complexity index is 214. The van der Waals surface area contributed by atoms with Crippen LogP contribution in [0.1, 0.15) is 46.0 Å². The minimum absolute atomic E-state index is 0.471. The molecule has 0 radical (unpaired) electrons. The molecule has 2 atom stereocenters. The first-order valence-electron chi connectivity index (χ1n) is 6.66. The van der Waals surface area contributed by atoms with Gasteiger partial charge in [0.05, 0.1) is 6.61 Å². The number of hydrazine groups is 1. The van der Waals surface area contributed by atoms with Crippen molar-refractivity contribution in [1.82, 2.24) is 5.43 Å². The third-order valence-electron chi connectivity index (χ3n) is 4.56. The predicted octanol–water partition coefficient (Wildman–Crippen LogP) is 2.07. The molecule has 1 aliphatic carbocycles. The van der Waals surface area contributed by atoms with Gasteiger partial charge in [-0.1, -0.05) is 13.8 Å². The quantitative estimate of drug-likeness (QED) is 0.572. The van der Waals surface area contributed by atoms with E-state index in [4.69, 9.17) is 10.6 Å². The fourth-order valence-corrected chi connectivity index (χ4v) is 3.27. The first-order valence-corrected chi connectivity index (χ1v) is 6.66. The van der Waals surface area contributed by atoms with Crippen LogP contribution < -0.4 is 11.3 Å². The van der Waals surface area contributed by atoms with E-state index in [9.17, 15) is 0 Å². The van der Waals surface area contributed by atoms with E-state index < -0.39 is 0 Å². The largest absolute Gasteiger partial charge is 0.381 e. The van der Waals surface area contributed by atoms with Gasteiger partial charge in [0.15, 0.2) is 0 Å². The summed E-state index contributed by atoms with van der Waals surface area (Å²) in [6.45, 7) is 6.58. The maximum Gasteiger partial charge on any atom is 0.0510 e. The molecular formula is C13H26N2O. The lowest BCUT2D eigenvalue weighted by Crippen LogP contribution is -2.47. The van der Waals surface area contributed by atoms with Crippen LogP contribution in [0.2, 0.25) is 0 Å². The van der Waals surface area contributed by atoms with E-state index >= 15 is 0 Å². The van der Waals surface area contributed by atoms with Crippen molar-refractivity contribution in [3.8, 4) is 0 Å². The van der Waals surface area contributed by atoms with Crippen molar-refractivity contribution in [3.63, 3.8) is 0 Å². The summed E-state index contributed by atoms with van der Waals surface area (Å²) < 4.78 is 5.48. The molecule has 0 spiro atoms. The van der Waals surface area contributed by atoms with Gasteiger partial charge in [0.25, 0.3) is 0 Å². The monoisotopic (exact) mass is 226 g/mol. The minimum Gasteiger partial charge on any atom is -0.381 e. The minimum atomic E-state index is 0.471. The third kappa shape index (κ3) is 2.76. The Morgan fingerprint density at radius 2 is 1.88 bits per heavy atom. The molecule has 0 aromatic rings. The van der Waals surface area contributed by atoms with E-state index in [1.165, 1.54) is 32.1 Å². The lowest BCUT2D eigenvalue weighted by molar-refractivity contribution is 0.121. The highest BCUT2D eigenvalue weighted by atomic mass is 16.5. The average Bonchev–Trinajstić information content (AvgIpc) is 2.75. The van der Waals surface area contributed by atoms with Crippen molar-refractivity contribution < 1.29 is 4.74 Å². The van der Waals surface area contributed by atoms with E-state index in [0.717, 1.165) is 19.1 Å². The molecule has 0 bridgehead atoms. The van der Waals surface area contributed by atoms with Gasteiger partial charge < -0.3 is 4.74 Å². The molecule has 2 rings (SSSR count). The Morgan fingerprint density at radius 3 is 2.38 bits per heavy atom. The molecule has 3 nitrogen and oxygen atoms in total. The average molecular weight is 226 g/mol. The molecule has 2 unspecified atom stereocenters. The molecule has 1 saturated carbocycles. The Labute approximate surface area is 99.1 Å². The Kier molecular flexibility index (Phi) is 3.88. The zero-order valence-corrected chi connectivity index (χ0v) is 10.7. The van der Waals surface area contributed by atoms with Crippen LogP contribution in [0.5, 0.6) is 0 Å². The van der Waals surface area contributed by atoms with E-state index in [1.54, 1.807) is 0 Å². The zero-order valence-electron chi connectivity index (χ0n) is 10.7. The van der Waals surface area contributed by atoms with Crippen molar-refractivity contribution >= 4 is 0 Å². The third-order valence-corrected chi connectivity index (χ3v) is 4.56. The van der Waals surface area contributed by atoms with Gasteiger partial charge in [-0.25, -0.2) is 0 Å². The zero-order chi connectivity index (χ0) is 11.6. The summed E-state index contributed by atoms with van der Waals surface area (Å²) in [5.74, 6) is 7.14. The van der Waals surface area contributed by atoms with E-state index in [0.29, 0.717) is 17.4 Å². The van der Waals surface area contributed by atoms with Gasteiger partial charge >= 0.3 is 0 Å². The summed E-state index contributed by atoms with van der Waals surface area (Å²) in [6, 6.07) is 0.471. The SMILES string of the molecule is CC1(C)CCC(C(NN)C2CCOC2)CC1. The normalized spacial score (nSPS) is 32.8. The van der Waals surface area contributed by atoms with Gasteiger partial charge in [0.1, 0.15) is 0 Å². The Morgan fingerprint density at radius 1 is 1.19 bits per heavy atom. The Balaban J connectivity index is 1.90. The fraction of sp³-hybridized carbons (Fsp3) is 1.00. The highest BCUT2D eigenvalue weighted by molar-refractivity contribution is 4.89. The first kappa shape index (κ1) is 12.3. The summed E-state index contributed by atoms with van der Waals surface area (Å²) in [5, 5.41) is 0. The van der Waals surface area contributed by atoms with Gasteiger partial charge in [-0.2, -0.15) is 0 Å². The van der Waals surface area contributed by atoms with E-state index in [2.05, 4.69) is 19.3 Å². The Hall–Kier alpha value is -0.120. The van der Waals surface area contributed by atoms with Crippen LogP contribution in [0.3, 0.4) is 0 Å². The topological polar surface area (TPSA) is 47.3 Å². The van der Waals surface area contributed by atoms with Gasteiger partial charge in [0, 0.05) is 18.6 Å². The van der Waals surface area contributed by atoms with Crippen LogP contribution in [0.15, 0.2) is 0 Å². The van der Waals surface area contributed by atoms with Crippen LogP contribution in [-0.4, -0.2) is 19.3 Å². The second kappa shape index (κ2) is 5.03. The summed E-state index contributed by atoms with van der Waals surface area (Å²) in [6.07, 6.45) is 6.48. The highest BCUT2D eigenvalue weighted by Gasteiger charge is 2.35. The maximum atomic E-state index is 5.75. The van der Waals surface area contributed by atoms with Gasteiger partial charge in [0.2, 0.25) is 0 Å². The van der Waals surface area contributed by atoms with Gasteiger partial charge in [-0.05, 0) is 43.4 Å².